The highest BCUT2D eigenvalue weighted by Crippen LogP contribution is 2.65. The zero-order valence-electron chi connectivity index (χ0n) is 24.7. The number of alkyl carbamates (subject to hydrolysis) is 1. The fourth-order valence-corrected chi connectivity index (χ4v) is 6.70. The molecule has 3 aliphatic rings. The minimum absolute atomic E-state index is 0.0749. The molecule has 0 radical (unpaired) electrons. The van der Waals surface area contributed by atoms with Crippen LogP contribution < -0.4 is 10.6 Å². The Hall–Kier alpha value is -3.23. The monoisotopic (exact) mass is 553 g/mol. The molecule has 1 aromatic carbocycles. The number of Topliss-reactive ketones (excluding diaryl/α,β-unsaturated/α-hetero) is 2. The molecular formula is C31H43N3O6. The van der Waals surface area contributed by atoms with Crippen molar-refractivity contribution in [2.75, 3.05) is 6.54 Å². The van der Waals surface area contributed by atoms with E-state index in [1.54, 1.807) is 25.7 Å². The highest BCUT2D eigenvalue weighted by atomic mass is 16.6. The summed E-state index contributed by atoms with van der Waals surface area (Å²) in [5.41, 5.74) is 1.40. The molecule has 1 aromatic rings. The molecule has 4 rings (SSSR count). The molecule has 1 saturated carbocycles. The molecular weight excluding hydrogens is 510 g/mol. The van der Waals surface area contributed by atoms with Gasteiger partial charge in [0.15, 0.2) is 5.78 Å². The van der Waals surface area contributed by atoms with Gasteiger partial charge in [0.05, 0.1) is 6.04 Å². The normalized spacial score (nSPS) is 24.4. The maximum Gasteiger partial charge on any atom is 0.408 e. The van der Waals surface area contributed by atoms with Crippen LogP contribution in [0.4, 0.5) is 4.79 Å². The van der Waals surface area contributed by atoms with E-state index in [1.807, 2.05) is 31.2 Å². The summed E-state index contributed by atoms with van der Waals surface area (Å²) < 4.78 is 5.51. The van der Waals surface area contributed by atoms with Crippen LogP contribution in [0.3, 0.4) is 0 Å². The van der Waals surface area contributed by atoms with E-state index < -0.39 is 47.3 Å². The average molecular weight is 554 g/mol. The summed E-state index contributed by atoms with van der Waals surface area (Å²) in [6.45, 7) is 12.9. The van der Waals surface area contributed by atoms with Crippen molar-refractivity contribution in [3.8, 4) is 0 Å². The van der Waals surface area contributed by atoms with Gasteiger partial charge < -0.3 is 20.3 Å². The molecule has 0 aromatic heterocycles. The van der Waals surface area contributed by atoms with Gasteiger partial charge >= 0.3 is 6.09 Å². The second-order valence-electron chi connectivity index (χ2n) is 13.2. The van der Waals surface area contributed by atoms with Crippen LogP contribution in [-0.2, 0) is 36.8 Å². The second-order valence-corrected chi connectivity index (χ2v) is 13.2. The third-order valence-corrected chi connectivity index (χ3v) is 8.81. The Bertz CT molecular complexity index is 1180. The lowest BCUT2D eigenvalue weighted by Gasteiger charge is -2.35. The summed E-state index contributed by atoms with van der Waals surface area (Å²) in [6, 6.07) is 5.40. The largest absolute Gasteiger partial charge is 0.444 e. The molecule has 0 bridgehead atoms. The summed E-state index contributed by atoms with van der Waals surface area (Å²) in [7, 11) is 0. The van der Waals surface area contributed by atoms with Crippen molar-refractivity contribution < 1.29 is 28.7 Å². The zero-order valence-corrected chi connectivity index (χ0v) is 24.7. The lowest BCUT2D eigenvalue weighted by molar-refractivity contribution is -0.144. The predicted octanol–water partition coefficient (Wildman–Crippen LogP) is 3.22. The first kappa shape index (κ1) is 29.7. The Labute approximate surface area is 236 Å². The molecule has 40 heavy (non-hydrogen) atoms. The molecule has 2 aliphatic carbocycles. The maximum absolute atomic E-state index is 14.3. The van der Waals surface area contributed by atoms with Crippen molar-refractivity contribution in [3.63, 3.8) is 0 Å². The van der Waals surface area contributed by atoms with Gasteiger partial charge in [-0.2, -0.15) is 0 Å². The van der Waals surface area contributed by atoms with Gasteiger partial charge in [-0.1, -0.05) is 51.5 Å². The van der Waals surface area contributed by atoms with Gasteiger partial charge in [-0.25, -0.2) is 4.79 Å². The molecule has 218 valence electrons. The summed E-state index contributed by atoms with van der Waals surface area (Å²) in [4.78, 5) is 66.9. The number of nitrogens with one attached hydrogen (secondary N) is 2. The molecule has 0 spiro atoms. The topological polar surface area (TPSA) is 122 Å². The number of ketones is 2. The Kier molecular flexibility index (Phi) is 8.16. The molecule has 2 N–H and O–H groups in total. The second kappa shape index (κ2) is 11.0. The SMILES string of the molecule is CCCC(NC(=O)[C@@H]1[C@@H]2[C@H](CN1C(=O)[C@@H](NC(=O)OC(C)(C)C)C1Cc3ccccc3C1)C2(C)C)C(=O)C(C)=O. The van der Waals surface area contributed by atoms with Crippen LogP contribution in [0.2, 0.25) is 0 Å². The van der Waals surface area contributed by atoms with Crippen molar-refractivity contribution in [3.05, 3.63) is 35.4 Å². The molecule has 1 unspecified atom stereocenters. The fourth-order valence-electron chi connectivity index (χ4n) is 6.70. The van der Waals surface area contributed by atoms with Crippen molar-refractivity contribution in [2.45, 2.75) is 97.9 Å². The van der Waals surface area contributed by atoms with Crippen LogP contribution in [0.15, 0.2) is 24.3 Å². The first-order valence-corrected chi connectivity index (χ1v) is 14.4. The zero-order chi connectivity index (χ0) is 29.6. The number of carbonyl (C=O) groups is 5. The molecule has 9 heteroatoms. The van der Waals surface area contributed by atoms with E-state index in [2.05, 4.69) is 24.5 Å². The number of fused-ring (bicyclic) bond motifs is 2. The van der Waals surface area contributed by atoms with Gasteiger partial charge in [-0.3, -0.25) is 19.2 Å². The summed E-state index contributed by atoms with van der Waals surface area (Å²) in [6.07, 6.45) is 1.51. The number of hydrogen-bond donors (Lipinski definition) is 2. The highest BCUT2D eigenvalue weighted by molar-refractivity contribution is 6.38. The third kappa shape index (κ3) is 5.93. The van der Waals surface area contributed by atoms with Crippen LogP contribution in [0.5, 0.6) is 0 Å². The molecule has 2 fully saturated rings. The van der Waals surface area contributed by atoms with Crippen molar-refractivity contribution >= 4 is 29.5 Å². The standard InChI is InChI=1S/C31H43N3O6/c1-8-11-22(26(36)17(2)35)32-27(37)25-23-21(31(23,6)7)16-34(25)28(38)24(33-29(39)40-30(3,4)5)20-14-18-12-9-10-13-19(18)15-20/h9-10,12-13,20-25H,8,11,14-16H2,1-7H3,(H,32,37)(H,33,39)/t21-,22?,23-,24-,25-/m0/s1. The van der Waals surface area contributed by atoms with E-state index in [-0.39, 0.29) is 29.1 Å². The number of amides is 3. The van der Waals surface area contributed by atoms with Gasteiger partial charge in [-0.05, 0) is 74.3 Å². The van der Waals surface area contributed by atoms with Gasteiger partial charge in [0.1, 0.15) is 17.7 Å². The first-order valence-electron chi connectivity index (χ1n) is 14.4. The van der Waals surface area contributed by atoms with Gasteiger partial charge in [0, 0.05) is 13.5 Å². The Morgan fingerprint density at radius 1 is 1.05 bits per heavy atom. The Balaban J connectivity index is 1.60. The van der Waals surface area contributed by atoms with Crippen LogP contribution in [0.1, 0.15) is 72.4 Å². The van der Waals surface area contributed by atoms with Crippen molar-refractivity contribution in [1.29, 1.82) is 0 Å². The van der Waals surface area contributed by atoms with Gasteiger partial charge in [0.25, 0.3) is 0 Å². The van der Waals surface area contributed by atoms with E-state index in [0.29, 0.717) is 32.2 Å². The highest BCUT2D eigenvalue weighted by Gasteiger charge is 2.69. The predicted molar refractivity (Wildman–Crippen MR) is 149 cm³/mol. The Morgan fingerprint density at radius 3 is 2.17 bits per heavy atom. The van der Waals surface area contributed by atoms with E-state index >= 15 is 0 Å². The minimum Gasteiger partial charge on any atom is -0.444 e. The lowest BCUT2D eigenvalue weighted by atomic mass is 9.93. The van der Waals surface area contributed by atoms with Crippen LogP contribution in [0, 0.1) is 23.2 Å². The van der Waals surface area contributed by atoms with Crippen LogP contribution in [-0.4, -0.2) is 64.6 Å². The van der Waals surface area contributed by atoms with Crippen molar-refractivity contribution in [2.24, 2.45) is 23.2 Å². The minimum atomic E-state index is -0.923. The lowest BCUT2D eigenvalue weighted by Crippen LogP contribution is -2.59. The number of benzene rings is 1. The Morgan fingerprint density at radius 2 is 1.65 bits per heavy atom. The number of piperidine rings is 1. The molecule has 1 saturated heterocycles. The number of hydrogen-bond acceptors (Lipinski definition) is 6. The van der Waals surface area contributed by atoms with Gasteiger partial charge in [-0.15, -0.1) is 0 Å². The molecule has 5 atom stereocenters. The number of likely N-dealkylation sites (tertiary alicyclic amines) is 1. The van der Waals surface area contributed by atoms with Crippen molar-refractivity contribution in [1.82, 2.24) is 15.5 Å². The summed E-state index contributed by atoms with van der Waals surface area (Å²) in [5, 5.41) is 5.65. The molecule has 1 heterocycles. The average Bonchev–Trinajstić information content (AvgIpc) is 3.24. The number of rotatable bonds is 9. The maximum atomic E-state index is 14.3. The van der Waals surface area contributed by atoms with E-state index in [1.165, 1.54) is 6.92 Å². The van der Waals surface area contributed by atoms with E-state index in [0.717, 1.165) is 11.1 Å². The number of carbonyl (C=O) groups excluding carboxylic acids is 5. The summed E-state index contributed by atoms with van der Waals surface area (Å²) >= 11 is 0. The summed E-state index contributed by atoms with van der Waals surface area (Å²) in [5.74, 6) is -2.13. The fraction of sp³-hybridized carbons (Fsp3) is 0.645. The molecule has 9 nitrogen and oxygen atoms in total. The number of nitrogens with zero attached hydrogens (tertiary/aromatic N) is 1. The molecule has 3 amide bonds. The number of ether oxygens (including phenoxy) is 1. The quantitative estimate of drug-likeness (QED) is 0.453. The first-order chi connectivity index (χ1) is 18.7. The molecule has 1 aliphatic heterocycles. The van der Waals surface area contributed by atoms with E-state index in [9.17, 15) is 24.0 Å². The van der Waals surface area contributed by atoms with Crippen LogP contribution >= 0.6 is 0 Å². The smallest absolute Gasteiger partial charge is 0.408 e. The van der Waals surface area contributed by atoms with Crippen LogP contribution in [0.25, 0.3) is 0 Å². The van der Waals surface area contributed by atoms with Gasteiger partial charge in [0.2, 0.25) is 17.6 Å². The third-order valence-electron chi connectivity index (χ3n) is 8.81. The van der Waals surface area contributed by atoms with E-state index in [4.69, 9.17) is 4.74 Å².